The summed E-state index contributed by atoms with van der Waals surface area (Å²) < 4.78 is 24.4. The van der Waals surface area contributed by atoms with Gasteiger partial charge in [-0.25, -0.2) is 4.39 Å². The zero-order valence-corrected chi connectivity index (χ0v) is 14.9. The summed E-state index contributed by atoms with van der Waals surface area (Å²) in [6.07, 6.45) is 4.62. The minimum Gasteiger partial charge on any atom is -0.461 e. The van der Waals surface area contributed by atoms with E-state index >= 15 is 0 Å². The molecule has 6 heteroatoms. The van der Waals surface area contributed by atoms with Gasteiger partial charge in [0.2, 0.25) is 11.7 Å². The molecule has 1 saturated carbocycles. The summed E-state index contributed by atoms with van der Waals surface area (Å²) in [6.45, 7) is 2.04. The molecule has 0 radical (unpaired) electrons. The van der Waals surface area contributed by atoms with Crippen molar-refractivity contribution in [2.75, 3.05) is 4.90 Å². The fraction of sp³-hybridized carbons (Fsp3) is 0.333. The minimum absolute atomic E-state index is 0.0156. The molecule has 27 heavy (non-hydrogen) atoms. The number of rotatable bonds is 3. The molecule has 0 N–H and O–H groups in total. The highest BCUT2D eigenvalue weighted by atomic mass is 19.1. The van der Waals surface area contributed by atoms with Crippen LogP contribution in [0, 0.1) is 5.82 Å². The second-order valence-corrected chi connectivity index (χ2v) is 7.47. The van der Waals surface area contributed by atoms with Gasteiger partial charge in [0, 0.05) is 17.8 Å². The number of hydrogen-bond donors (Lipinski definition) is 0. The van der Waals surface area contributed by atoms with Crippen molar-refractivity contribution in [2.24, 2.45) is 0 Å². The van der Waals surface area contributed by atoms with E-state index in [0.717, 1.165) is 36.9 Å². The molecular formula is C21H19FN2O3. The Morgan fingerprint density at radius 2 is 2.11 bits per heavy atom. The van der Waals surface area contributed by atoms with Crippen molar-refractivity contribution in [1.82, 2.24) is 5.16 Å². The molecule has 0 saturated heterocycles. The van der Waals surface area contributed by atoms with Gasteiger partial charge in [-0.1, -0.05) is 5.16 Å². The number of hydrogen-bond acceptors (Lipinski definition) is 4. The number of anilines is 1. The topological polar surface area (TPSA) is 59.5 Å². The van der Waals surface area contributed by atoms with E-state index in [2.05, 4.69) is 5.16 Å². The van der Waals surface area contributed by atoms with Gasteiger partial charge in [0.05, 0.1) is 17.4 Å². The van der Waals surface area contributed by atoms with Crippen LogP contribution < -0.4 is 4.90 Å². The lowest BCUT2D eigenvalue weighted by Gasteiger charge is -2.37. The molecule has 1 aromatic carbocycles. The van der Waals surface area contributed by atoms with Gasteiger partial charge >= 0.3 is 0 Å². The van der Waals surface area contributed by atoms with Crippen molar-refractivity contribution < 1.29 is 18.1 Å². The number of aromatic nitrogens is 1. The fourth-order valence-electron chi connectivity index (χ4n) is 4.00. The van der Waals surface area contributed by atoms with E-state index in [9.17, 15) is 9.18 Å². The van der Waals surface area contributed by atoms with Crippen molar-refractivity contribution in [2.45, 2.75) is 44.1 Å². The Morgan fingerprint density at radius 1 is 1.26 bits per heavy atom. The second kappa shape index (κ2) is 5.81. The van der Waals surface area contributed by atoms with E-state index in [1.54, 1.807) is 30.5 Å². The predicted octanol–water partition coefficient (Wildman–Crippen LogP) is 4.47. The van der Waals surface area contributed by atoms with Crippen LogP contribution in [0.4, 0.5) is 10.1 Å². The number of furan rings is 1. The normalized spacial score (nSPS) is 20.4. The SMILES string of the molecule is CC1CCc2cc(F)ccc2N1C(=O)C1(c2cc(-c3ccco3)on2)CC1. The van der Waals surface area contributed by atoms with Crippen molar-refractivity contribution in [1.29, 1.82) is 0 Å². The highest BCUT2D eigenvalue weighted by molar-refractivity contribution is 6.04. The molecule has 0 bridgehead atoms. The first-order chi connectivity index (χ1) is 13.1. The smallest absolute Gasteiger partial charge is 0.239 e. The number of halogens is 1. The van der Waals surface area contributed by atoms with E-state index in [-0.39, 0.29) is 17.8 Å². The van der Waals surface area contributed by atoms with Gasteiger partial charge in [-0.2, -0.15) is 0 Å². The Morgan fingerprint density at radius 3 is 2.85 bits per heavy atom. The number of benzene rings is 1. The summed E-state index contributed by atoms with van der Waals surface area (Å²) in [5.41, 5.74) is 1.67. The number of aryl methyl sites for hydroxylation is 1. The summed E-state index contributed by atoms with van der Waals surface area (Å²) in [7, 11) is 0. The lowest BCUT2D eigenvalue weighted by molar-refractivity contribution is -0.121. The number of carbonyl (C=O) groups is 1. The molecule has 1 unspecified atom stereocenters. The molecule has 1 fully saturated rings. The third-order valence-corrected chi connectivity index (χ3v) is 5.72. The maximum atomic E-state index is 13.6. The molecule has 2 aliphatic rings. The standard InChI is InChI=1S/C21H19FN2O3/c1-13-4-5-14-11-15(22)6-7-16(14)24(13)20(25)21(8-9-21)19-12-18(27-23-19)17-3-2-10-26-17/h2-3,6-7,10-13H,4-5,8-9H2,1H3. The van der Waals surface area contributed by atoms with Gasteiger partial charge in [0.1, 0.15) is 5.82 Å². The molecule has 5 nitrogen and oxygen atoms in total. The van der Waals surface area contributed by atoms with Crippen LogP contribution in [0.1, 0.15) is 37.4 Å². The van der Waals surface area contributed by atoms with Crippen LogP contribution in [0.5, 0.6) is 0 Å². The zero-order valence-electron chi connectivity index (χ0n) is 14.9. The first-order valence-corrected chi connectivity index (χ1v) is 9.22. The Balaban J connectivity index is 1.51. The highest BCUT2D eigenvalue weighted by Gasteiger charge is 2.56. The minimum atomic E-state index is -0.661. The molecule has 0 spiro atoms. The van der Waals surface area contributed by atoms with Crippen LogP contribution in [0.3, 0.4) is 0 Å². The van der Waals surface area contributed by atoms with E-state index < -0.39 is 5.41 Å². The number of amides is 1. The zero-order chi connectivity index (χ0) is 18.6. The summed E-state index contributed by atoms with van der Waals surface area (Å²) in [4.78, 5) is 15.4. The van der Waals surface area contributed by atoms with E-state index in [0.29, 0.717) is 17.2 Å². The molecular weight excluding hydrogens is 347 g/mol. The van der Waals surface area contributed by atoms with Crippen LogP contribution >= 0.6 is 0 Å². The molecule has 2 aromatic heterocycles. The summed E-state index contributed by atoms with van der Waals surface area (Å²) in [5.74, 6) is 0.852. The average Bonchev–Trinajstić information content (AvgIpc) is 3.08. The van der Waals surface area contributed by atoms with Crippen LogP contribution in [-0.2, 0) is 16.6 Å². The summed E-state index contributed by atoms with van der Waals surface area (Å²) in [5, 5.41) is 4.17. The van der Waals surface area contributed by atoms with E-state index in [1.807, 2.05) is 11.8 Å². The molecule has 1 aliphatic carbocycles. The van der Waals surface area contributed by atoms with Crippen LogP contribution in [-0.4, -0.2) is 17.1 Å². The first-order valence-electron chi connectivity index (χ1n) is 9.22. The quantitative estimate of drug-likeness (QED) is 0.686. The van der Waals surface area contributed by atoms with E-state index in [1.165, 1.54) is 12.1 Å². The third kappa shape index (κ3) is 2.51. The van der Waals surface area contributed by atoms with Crippen molar-refractivity contribution in [3.05, 3.63) is 59.7 Å². The summed E-state index contributed by atoms with van der Waals surface area (Å²) >= 11 is 0. The third-order valence-electron chi connectivity index (χ3n) is 5.72. The van der Waals surface area contributed by atoms with Crippen molar-refractivity contribution >= 4 is 11.6 Å². The predicted molar refractivity (Wildman–Crippen MR) is 96.8 cm³/mol. The lowest BCUT2D eigenvalue weighted by atomic mass is 9.92. The van der Waals surface area contributed by atoms with Gasteiger partial charge in [0.15, 0.2) is 5.76 Å². The Labute approximate surface area is 155 Å². The Kier molecular flexibility index (Phi) is 3.50. The number of fused-ring (bicyclic) bond motifs is 1. The summed E-state index contributed by atoms with van der Waals surface area (Å²) in [6, 6.07) is 10.1. The van der Waals surface area contributed by atoms with Crippen LogP contribution in [0.25, 0.3) is 11.5 Å². The largest absolute Gasteiger partial charge is 0.461 e. The van der Waals surface area contributed by atoms with Crippen LogP contribution in [0.15, 0.2) is 51.6 Å². The van der Waals surface area contributed by atoms with E-state index in [4.69, 9.17) is 8.94 Å². The molecule has 3 heterocycles. The monoisotopic (exact) mass is 366 g/mol. The number of carbonyl (C=O) groups excluding carboxylic acids is 1. The lowest BCUT2D eigenvalue weighted by Crippen LogP contribution is -2.47. The molecule has 5 rings (SSSR count). The van der Waals surface area contributed by atoms with Gasteiger partial charge in [-0.3, -0.25) is 4.79 Å². The highest BCUT2D eigenvalue weighted by Crippen LogP contribution is 2.51. The van der Waals surface area contributed by atoms with Crippen molar-refractivity contribution in [3.8, 4) is 11.5 Å². The maximum Gasteiger partial charge on any atom is 0.239 e. The Hall–Kier alpha value is -2.89. The number of nitrogens with zero attached hydrogens (tertiary/aromatic N) is 2. The van der Waals surface area contributed by atoms with Crippen molar-refractivity contribution in [3.63, 3.8) is 0 Å². The average molecular weight is 366 g/mol. The first kappa shape index (κ1) is 16.3. The molecule has 1 atom stereocenters. The molecule has 1 amide bonds. The van der Waals surface area contributed by atoms with Gasteiger partial charge < -0.3 is 13.8 Å². The van der Waals surface area contributed by atoms with Crippen LogP contribution in [0.2, 0.25) is 0 Å². The fourth-order valence-corrected chi connectivity index (χ4v) is 4.00. The van der Waals surface area contributed by atoms with Gasteiger partial charge in [-0.15, -0.1) is 0 Å². The van der Waals surface area contributed by atoms with Gasteiger partial charge in [0.25, 0.3) is 0 Å². The van der Waals surface area contributed by atoms with Gasteiger partial charge in [-0.05, 0) is 68.5 Å². The molecule has 3 aromatic rings. The second-order valence-electron chi connectivity index (χ2n) is 7.47. The molecule has 138 valence electrons. The Bertz CT molecular complexity index is 1000. The molecule has 1 aliphatic heterocycles. The maximum absolute atomic E-state index is 13.6.